The first-order valence-corrected chi connectivity index (χ1v) is 10.1. The number of aromatic nitrogens is 2. The Morgan fingerprint density at radius 2 is 0.893 bits per heavy atom. The fourth-order valence-corrected chi connectivity index (χ4v) is 5.18. The van der Waals surface area contributed by atoms with Crippen LogP contribution in [0.25, 0.3) is 31.5 Å². The number of benzene rings is 1. The lowest BCUT2D eigenvalue weighted by Crippen LogP contribution is -2.23. The van der Waals surface area contributed by atoms with Crippen molar-refractivity contribution in [2.45, 2.75) is 13.8 Å². The van der Waals surface area contributed by atoms with Gasteiger partial charge in [0.05, 0.1) is 21.5 Å². The second-order valence-corrected chi connectivity index (χ2v) is 9.14. The molecule has 5 aromatic rings. The van der Waals surface area contributed by atoms with Gasteiger partial charge in [-0.2, -0.15) is 0 Å². The summed E-state index contributed by atoms with van der Waals surface area (Å²) in [5.74, 6) is 0. The van der Waals surface area contributed by atoms with Gasteiger partial charge in [-0.25, -0.2) is 9.13 Å². The first-order valence-electron chi connectivity index (χ1n) is 8.45. The van der Waals surface area contributed by atoms with E-state index < -0.39 is 22.2 Å². The van der Waals surface area contributed by atoms with Crippen molar-refractivity contribution in [2.24, 2.45) is 0 Å². The van der Waals surface area contributed by atoms with E-state index >= 15 is 0 Å². The molecule has 0 bridgehead atoms. The van der Waals surface area contributed by atoms with Crippen LogP contribution in [0.15, 0.2) is 55.6 Å². The van der Waals surface area contributed by atoms with Crippen LogP contribution in [-0.4, -0.2) is 9.13 Å². The van der Waals surface area contributed by atoms with Crippen LogP contribution >= 0.6 is 22.7 Å². The molecule has 0 saturated carbocycles. The molecule has 0 amide bonds. The summed E-state index contributed by atoms with van der Waals surface area (Å²) in [6, 6.07) is 9.85. The maximum Gasteiger partial charge on any atom is 0.266 e. The van der Waals surface area contributed by atoms with Gasteiger partial charge in [0.25, 0.3) is 22.2 Å². The first-order chi connectivity index (χ1) is 13.4. The van der Waals surface area contributed by atoms with Crippen molar-refractivity contribution in [3.8, 4) is 10.0 Å². The third-order valence-corrected chi connectivity index (χ3v) is 6.76. The summed E-state index contributed by atoms with van der Waals surface area (Å²) in [7, 11) is 0. The number of thiophene rings is 2. The topological polar surface area (TPSA) is 78.1 Å². The smallest absolute Gasteiger partial charge is 0.266 e. The predicted molar refractivity (Wildman–Crippen MR) is 113 cm³/mol. The lowest BCUT2D eigenvalue weighted by Gasteiger charge is -1.93. The van der Waals surface area contributed by atoms with Crippen molar-refractivity contribution in [3.05, 3.63) is 87.6 Å². The monoisotopic (exact) mass is 408 g/mol. The van der Waals surface area contributed by atoms with E-state index in [2.05, 4.69) is 0 Å². The molecule has 0 aliphatic carbocycles. The average molecular weight is 408 g/mol. The Labute approximate surface area is 164 Å². The Balaban J connectivity index is 1.88. The molecular weight excluding hydrogens is 396 g/mol. The van der Waals surface area contributed by atoms with E-state index in [0.29, 0.717) is 10.0 Å². The lowest BCUT2D eigenvalue weighted by atomic mass is 10.1. The fourth-order valence-electron chi connectivity index (χ4n) is 3.46. The average Bonchev–Trinajstić information content (AvgIpc) is 3.38. The highest BCUT2D eigenvalue weighted by Crippen LogP contribution is 2.22. The molecule has 0 aliphatic rings. The van der Waals surface area contributed by atoms with Crippen LogP contribution in [0.4, 0.5) is 0 Å². The Morgan fingerprint density at radius 3 is 1.14 bits per heavy atom. The van der Waals surface area contributed by atoms with Gasteiger partial charge in [0, 0.05) is 9.75 Å². The Morgan fingerprint density at radius 1 is 0.571 bits per heavy atom. The molecule has 0 spiro atoms. The molecule has 0 N–H and O–H groups in total. The molecular formula is C20H12N2O4S2. The minimum absolute atomic E-state index is 0.153. The molecule has 0 unspecified atom stereocenters. The van der Waals surface area contributed by atoms with Crippen LogP contribution in [-0.2, 0) is 0 Å². The van der Waals surface area contributed by atoms with Crippen LogP contribution in [0.3, 0.4) is 0 Å². The summed E-state index contributed by atoms with van der Waals surface area (Å²) in [5, 5.41) is 1.66. The van der Waals surface area contributed by atoms with Gasteiger partial charge in [0.1, 0.15) is 10.0 Å². The molecule has 0 atom stereocenters. The van der Waals surface area contributed by atoms with Crippen molar-refractivity contribution >= 4 is 44.2 Å². The molecule has 138 valence electrons. The zero-order valence-electron chi connectivity index (χ0n) is 14.8. The molecule has 28 heavy (non-hydrogen) atoms. The van der Waals surface area contributed by atoms with Crippen LogP contribution < -0.4 is 22.2 Å². The lowest BCUT2D eigenvalue weighted by molar-refractivity contribution is 1.01. The number of hydrogen-bond donors (Lipinski definition) is 0. The van der Waals surface area contributed by atoms with Gasteiger partial charge in [-0.1, -0.05) is 0 Å². The molecule has 0 saturated heterocycles. The molecule has 0 aliphatic heterocycles. The van der Waals surface area contributed by atoms with Crippen molar-refractivity contribution in [1.82, 2.24) is 9.13 Å². The van der Waals surface area contributed by atoms with Crippen LogP contribution in [0.2, 0.25) is 0 Å². The maximum absolute atomic E-state index is 12.9. The summed E-state index contributed by atoms with van der Waals surface area (Å²) < 4.78 is 2.21. The predicted octanol–water partition coefficient (Wildman–Crippen LogP) is 2.63. The summed E-state index contributed by atoms with van der Waals surface area (Å²) >= 11 is 2.67. The molecule has 4 aromatic heterocycles. The van der Waals surface area contributed by atoms with Crippen molar-refractivity contribution < 1.29 is 0 Å². The second kappa shape index (κ2) is 5.70. The summed E-state index contributed by atoms with van der Waals surface area (Å²) in [4.78, 5) is 53.4. The highest BCUT2D eigenvalue weighted by atomic mass is 32.1. The van der Waals surface area contributed by atoms with Gasteiger partial charge >= 0.3 is 0 Å². The van der Waals surface area contributed by atoms with Gasteiger partial charge in [-0.3, -0.25) is 19.2 Å². The number of rotatable bonds is 2. The van der Waals surface area contributed by atoms with Gasteiger partial charge in [-0.15, -0.1) is 22.7 Å². The number of nitrogens with zero attached hydrogens (tertiary/aromatic N) is 2. The van der Waals surface area contributed by atoms with E-state index in [-0.39, 0.29) is 21.5 Å². The minimum Gasteiger partial charge on any atom is -0.268 e. The molecule has 6 nitrogen and oxygen atoms in total. The number of fused-ring (bicyclic) bond motifs is 2. The SMILES string of the molecule is Cc1ccc(-n2c(=O)c3cc4c(=O)n(-c5ccc(C)s5)c(=O)c4cc3c2=O)s1. The van der Waals surface area contributed by atoms with Gasteiger partial charge in [0.2, 0.25) is 0 Å². The third-order valence-electron chi connectivity index (χ3n) is 4.78. The molecule has 4 heterocycles. The van der Waals surface area contributed by atoms with E-state index in [9.17, 15) is 19.2 Å². The Kier molecular flexibility index (Phi) is 3.47. The quantitative estimate of drug-likeness (QED) is 0.450. The van der Waals surface area contributed by atoms with Gasteiger partial charge < -0.3 is 0 Å². The molecule has 5 rings (SSSR count). The highest BCUT2D eigenvalue weighted by molar-refractivity contribution is 7.14. The molecule has 1 aromatic carbocycles. The molecule has 0 fully saturated rings. The Bertz CT molecular complexity index is 1420. The van der Waals surface area contributed by atoms with Crippen molar-refractivity contribution in [3.63, 3.8) is 0 Å². The van der Waals surface area contributed by atoms with E-state index in [4.69, 9.17) is 0 Å². The normalized spacial score (nSPS) is 11.8. The van der Waals surface area contributed by atoms with E-state index in [1.54, 1.807) is 12.1 Å². The molecule has 8 heteroatoms. The van der Waals surface area contributed by atoms with Crippen LogP contribution in [0.5, 0.6) is 0 Å². The second-order valence-electron chi connectivity index (χ2n) is 6.60. The largest absolute Gasteiger partial charge is 0.268 e. The van der Waals surface area contributed by atoms with E-state index in [1.807, 2.05) is 26.0 Å². The van der Waals surface area contributed by atoms with Crippen LogP contribution in [0, 0.1) is 13.8 Å². The van der Waals surface area contributed by atoms with Crippen molar-refractivity contribution in [2.75, 3.05) is 0 Å². The van der Waals surface area contributed by atoms with Crippen LogP contribution in [0.1, 0.15) is 9.75 Å². The zero-order chi connectivity index (χ0) is 19.7. The summed E-state index contributed by atoms with van der Waals surface area (Å²) in [6.07, 6.45) is 0. The van der Waals surface area contributed by atoms with E-state index in [0.717, 1.165) is 18.9 Å². The number of aryl methyl sites for hydroxylation is 2. The summed E-state index contributed by atoms with van der Waals surface area (Å²) in [5.41, 5.74) is -1.91. The standard InChI is InChI=1S/C20H12N2O4S2/c1-9-3-5-15(27-9)21-17(23)11-7-13-14(8-12(11)18(21)24)20(26)22(19(13)25)16-6-4-10(2)28-16/h3-8H,1-2H3. The molecule has 0 radical (unpaired) electrons. The zero-order valence-corrected chi connectivity index (χ0v) is 16.4. The van der Waals surface area contributed by atoms with Crippen molar-refractivity contribution in [1.29, 1.82) is 0 Å². The highest BCUT2D eigenvalue weighted by Gasteiger charge is 2.21. The van der Waals surface area contributed by atoms with Gasteiger partial charge in [-0.05, 0) is 50.2 Å². The maximum atomic E-state index is 12.9. The summed E-state index contributed by atoms with van der Waals surface area (Å²) in [6.45, 7) is 3.78. The van der Waals surface area contributed by atoms with Gasteiger partial charge in [0.15, 0.2) is 0 Å². The Hall–Kier alpha value is -3.10. The minimum atomic E-state index is -0.477. The third kappa shape index (κ3) is 2.18. The first kappa shape index (κ1) is 17.0. The number of hydrogen-bond acceptors (Lipinski definition) is 6. The van der Waals surface area contributed by atoms with E-state index in [1.165, 1.54) is 34.8 Å². The fraction of sp³-hybridized carbons (Fsp3) is 0.100.